The van der Waals surface area contributed by atoms with E-state index >= 15 is 0 Å². The lowest BCUT2D eigenvalue weighted by molar-refractivity contribution is 0.0977. The van der Waals surface area contributed by atoms with Gasteiger partial charge in [-0.25, -0.2) is 0 Å². The van der Waals surface area contributed by atoms with Crippen LogP contribution in [0.5, 0.6) is 5.75 Å². The van der Waals surface area contributed by atoms with Crippen LogP contribution in [0.1, 0.15) is 56.8 Å². The van der Waals surface area contributed by atoms with Crippen molar-refractivity contribution >= 4 is 5.78 Å². The molecule has 2 heteroatoms. The van der Waals surface area contributed by atoms with Crippen molar-refractivity contribution in [1.82, 2.24) is 0 Å². The zero-order valence-corrected chi connectivity index (χ0v) is 11.0. The normalized spacial score (nSPS) is 11.5. The Hall–Kier alpha value is -1.31. The van der Waals surface area contributed by atoms with E-state index in [1.807, 2.05) is 0 Å². The molecule has 0 atom stereocenters. The van der Waals surface area contributed by atoms with E-state index in [1.54, 1.807) is 18.2 Å². The topological polar surface area (TPSA) is 37.3 Å². The third kappa shape index (κ3) is 5.53. The fourth-order valence-electron chi connectivity index (χ4n) is 1.76. The molecule has 0 spiro atoms. The van der Waals surface area contributed by atoms with Crippen LogP contribution in [0.4, 0.5) is 0 Å². The quantitative estimate of drug-likeness (QED) is 0.613. The molecule has 94 valence electrons. The predicted octanol–water partition coefficient (Wildman–Crippen LogP) is 4.18. The molecule has 17 heavy (non-hydrogen) atoms. The second-order valence-electron chi connectivity index (χ2n) is 5.74. The summed E-state index contributed by atoms with van der Waals surface area (Å²) in [5.41, 5.74) is 0.953. The summed E-state index contributed by atoms with van der Waals surface area (Å²) in [6.07, 6.45) is 3.71. The number of ketones is 1. The molecule has 1 rings (SSSR count). The third-order valence-corrected chi connectivity index (χ3v) is 2.75. The summed E-state index contributed by atoms with van der Waals surface area (Å²) in [6.45, 7) is 6.64. The molecule has 0 saturated heterocycles. The average molecular weight is 234 g/mol. The molecule has 0 aliphatic heterocycles. The number of Topliss-reactive ketones (excluding diaryl/α,β-unsaturated/α-hetero) is 1. The summed E-state index contributed by atoms with van der Waals surface area (Å²) in [5, 5.41) is 9.29. The van der Waals surface area contributed by atoms with Crippen molar-refractivity contribution in [3.8, 4) is 5.75 Å². The number of carbonyl (C=O) groups is 1. The highest BCUT2D eigenvalue weighted by molar-refractivity contribution is 5.96. The van der Waals surface area contributed by atoms with E-state index in [4.69, 9.17) is 0 Å². The van der Waals surface area contributed by atoms with Crippen LogP contribution in [-0.4, -0.2) is 10.9 Å². The molecule has 1 aromatic rings. The fourth-order valence-corrected chi connectivity index (χ4v) is 1.76. The van der Waals surface area contributed by atoms with Crippen molar-refractivity contribution in [2.45, 2.75) is 46.5 Å². The monoisotopic (exact) mass is 234 g/mol. The van der Waals surface area contributed by atoms with Gasteiger partial charge in [0.25, 0.3) is 0 Å². The van der Waals surface area contributed by atoms with Gasteiger partial charge in [0.15, 0.2) is 5.78 Å². The Balaban J connectivity index is 2.36. The number of aromatic hydroxyl groups is 1. The minimum absolute atomic E-state index is 0.120. The van der Waals surface area contributed by atoms with Crippen LogP contribution < -0.4 is 0 Å². The first-order valence-electron chi connectivity index (χ1n) is 6.21. The molecule has 0 bridgehead atoms. The molecular formula is C15H22O2. The molecular weight excluding hydrogens is 212 g/mol. The van der Waals surface area contributed by atoms with Gasteiger partial charge in [-0.2, -0.15) is 0 Å². The second kappa shape index (κ2) is 5.85. The van der Waals surface area contributed by atoms with Crippen molar-refractivity contribution in [2.75, 3.05) is 0 Å². The smallest absolute Gasteiger partial charge is 0.163 e. The highest BCUT2D eigenvalue weighted by Gasteiger charge is 2.11. The van der Waals surface area contributed by atoms with Gasteiger partial charge in [0.1, 0.15) is 5.75 Å². The first-order valence-corrected chi connectivity index (χ1v) is 6.21. The number of hydrogen-bond acceptors (Lipinski definition) is 2. The number of hydrogen-bond donors (Lipinski definition) is 1. The Labute approximate surface area is 104 Å². The summed E-state index contributed by atoms with van der Waals surface area (Å²) in [5.74, 6) is 0.278. The molecule has 1 aromatic carbocycles. The molecule has 0 fully saturated rings. The molecule has 2 nitrogen and oxygen atoms in total. The van der Waals surface area contributed by atoms with Crippen LogP contribution in [0.25, 0.3) is 0 Å². The predicted molar refractivity (Wildman–Crippen MR) is 70.4 cm³/mol. The van der Waals surface area contributed by atoms with E-state index in [0.29, 0.717) is 17.4 Å². The van der Waals surface area contributed by atoms with Gasteiger partial charge in [0.05, 0.1) is 0 Å². The van der Waals surface area contributed by atoms with Gasteiger partial charge in [-0.15, -0.1) is 0 Å². The van der Waals surface area contributed by atoms with Crippen molar-refractivity contribution < 1.29 is 9.90 Å². The second-order valence-corrected chi connectivity index (χ2v) is 5.74. The van der Waals surface area contributed by atoms with Gasteiger partial charge in [0, 0.05) is 12.0 Å². The standard InChI is InChI=1S/C15H22O2/c1-15(2,3)10-5-4-9-14(17)12-7-6-8-13(16)11-12/h6-8,11,16H,4-5,9-10H2,1-3H3. The van der Waals surface area contributed by atoms with Crippen molar-refractivity contribution in [3.63, 3.8) is 0 Å². The van der Waals surface area contributed by atoms with Gasteiger partial charge < -0.3 is 5.11 Å². The van der Waals surface area contributed by atoms with E-state index in [-0.39, 0.29) is 11.5 Å². The SMILES string of the molecule is CC(C)(C)CCCCC(=O)c1cccc(O)c1. The lowest BCUT2D eigenvalue weighted by Gasteiger charge is -2.17. The molecule has 0 saturated carbocycles. The Morgan fingerprint density at radius 1 is 1.24 bits per heavy atom. The number of phenols is 1. The minimum Gasteiger partial charge on any atom is -0.508 e. The van der Waals surface area contributed by atoms with Crippen LogP contribution in [0.2, 0.25) is 0 Å². The first kappa shape index (κ1) is 13.8. The maximum atomic E-state index is 11.8. The van der Waals surface area contributed by atoms with Crippen LogP contribution in [-0.2, 0) is 0 Å². The average Bonchev–Trinajstić information content (AvgIpc) is 2.23. The number of benzene rings is 1. The first-order chi connectivity index (χ1) is 7.88. The Morgan fingerprint density at radius 3 is 2.53 bits per heavy atom. The Bertz CT molecular complexity index is 375. The molecule has 0 unspecified atom stereocenters. The summed E-state index contributed by atoms with van der Waals surface area (Å²) < 4.78 is 0. The van der Waals surface area contributed by atoms with Crippen LogP contribution >= 0.6 is 0 Å². The molecule has 0 aliphatic carbocycles. The van der Waals surface area contributed by atoms with Gasteiger partial charge in [0.2, 0.25) is 0 Å². The van der Waals surface area contributed by atoms with Crippen LogP contribution in [0.15, 0.2) is 24.3 Å². The summed E-state index contributed by atoms with van der Waals surface area (Å²) in [6, 6.07) is 6.58. The summed E-state index contributed by atoms with van der Waals surface area (Å²) >= 11 is 0. The molecule has 0 radical (unpaired) electrons. The zero-order valence-electron chi connectivity index (χ0n) is 11.0. The van der Waals surface area contributed by atoms with Crippen molar-refractivity contribution in [3.05, 3.63) is 29.8 Å². The van der Waals surface area contributed by atoms with Crippen LogP contribution in [0, 0.1) is 5.41 Å². The van der Waals surface area contributed by atoms with Gasteiger partial charge >= 0.3 is 0 Å². The van der Waals surface area contributed by atoms with E-state index in [1.165, 1.54) is 6.07 Å². The largest absolute Gasteiger partial charge is 0.508 e. The van der Waals surface area contributed by atoms with E-state index in [0.717, 1.165) is 19.3 Å². The highest BCUT2D eigenvalue weighted by atomic mass is 16.3. The molecule has 0 aromatic heterocycles. The maximum absolute atomic E-state index is 11.8. The molecule has 0 heterocycles. The Morgan fingerprint density at radius 2 is 1.94 bits per heavy atom. The fraction of sp³-hybridized carbons (Fsp3) is 0.533. The third-order valence-electron chi connectivity index (χ3n) is 2.75. The van der Waals surface area contributed by atoms with Gasteiger partial charge in [-0.3, -0.25) is 4.79 Å². The van der Waals surface area contributed by atoms with E-state index in [2.05, 4.69) is 20.8 Å². The summed E-state index contributed by atoms with van der Waals surface area (Å²) in [4.78, 5) is 11.8. The number of phenolic OH excluding ortho intramolecular Hbond substituents is 1. The highest BCUT2D eigenvalue weighted by Crippen LogP contribution is 2.22. The van der Waals surface area contributed by atoms with E-state index < -0.39 is 0 Å². The Kier molecular flexibility index (Phi) is 4.73. The molecule has 0 aliphatic rings. The van der Waals surface area contributed by atoms with Crippen LogP contribution in [0.3, 0.4) is 0 Å². The maximum Gasteiger partial charge on any atom is 0.163 e. The molecule has 0 amide bonds. The number of carbonyl (C=O) groups excluding carboxylic acids is 1. The number of rotatable bonds is 5. The van der Waals surface area contributed by atoms with Gasteiger partial charge in [-0.05, 0) is 30.4 Å². The van der Waals surface area contributed by atoms with E-state index in [9.17, 15) is 9.90 Å². The lowest BCUT2D eigenvalue weighted by atomic mass is 9.89. The molecule has 1 N–H and O–H groups in total. The lowest BCUT2D eigenvalue weighted by Crippen LogP contribution is -2.05. The minimum atomic E-state index is 0.120. The zero-order chi connectivity index (χ0) is 12.9. The summed E-state index contributed by atoms with van der Waals surface area (Å²) in [7, 11) is 0. The number of unbranched alkanes of at least 4 members (excludes halogenated alkanes) is 1. The van der Waals surface area contributed by atoms with Gasteiger partial charge in [-0.1, -0.05) is 39.3 Å². The van der Waals surface area contributed by atoms with Crippen molar-refractivity contribution in [1.29, 1.82) is 0 Å². The van der Waals surface area contributed by atoms with Crippen molar-refractivity contribution in [2.24, 2.45) is 5.41 Å².